The van der Waals surface area contributed by atoms with E-state index < -0.39 is 4.92 Å². The van der Waals surface area contributed by atoms with E-state index >= 15 is 0 Å². The molecule has 1 aliphatic rings. The summed E-state index contributed by atoms with van der Waals surface area (Å²) in [5.74, 6) is 0.734. The Bertz CT molecular complexity index is 1070. The molecule has 1 aromatic heterocycles. The Morgan fingerprint density at radius 3 is 2.84 bits per heavy atom. The fourth-order valence-electron chi connectivity index (χ4n) is 3.58. The minimum Gasteiger partial charge on any atom is -0.487 e. The number of aromatic nitrogens is 2. The zero-order valence-corrected chi connectivity index (χ0v) is 17.4. The van der Waals surface area contributed by atoms with E-state index in [9.17, 15) is 10.1 Å². The van der Waals surface area contributed by atoms with Crippen LogP contribution in [0.1, 0.15) is 12.0 Å². The van der Waals surface area contributed by atoms with Gasteiger partial charge in [0.15, 0.2) is 5.75 Å². The fraction of sp³-hybridized carbons (Fsp3) is 0.364. The second-order valence-corrected chi connectivity index (χ2v) is 7.47. The van der Waals surface area contributed by atoms with Gasteiger partial charge in [0.2, 0.25) is 0 Å². The highest BCUT2D eigenvalue weighted by atomic mass is 16.6. The molecule has 2 heterocycles. The second-order valence-electron chi connectivity index (χ2n) is 7.47. The van der Waals surface area contributed by atoms with Crippen molar-refractivity contribution in [2.75, 3.05) is 44.8 Å². The summed E-state index contributed by atoms with van der Waals surface area (Å²) in [4.78, 5) is 22.2. The van der Waals surface area contributed by atoms with Crippen LogP contribution in [0.15, 0.2) is 42.7 Å². The van der Waals surface area contributed by atoms with Gasteiger partial charge in [-0.3, -0.25) is 15.0 Å². The summed E-state index contributed by atoms with van der Waals surface area (Å²) in [7, 11) is 0. The Labute approximate surface area is 180 Å². The molecule has 9 heteroatoms. The molecule has 0 radical (unpaired) electrons. The minimum atomic E-state index is -0.430. The first kappa shape index (κ1) is 21.0. The molecule has 31 heavy (non-hydrogen) atoms. The number of nitrogens with zero attached hydrogens (tertiary/aromatic N) is 4. The van der Waals surface area contributed by atoms with Crippen molar-refractivity contribution in [3.8, 4) is 5.75 Å². The van der Waals surface area contributed by atoms with Crippen LogP contribution < -0.4 is 10.1 Å². The van der Waals surface area contributed by atoms with Crippen LogP contribution in [0.5, 0.6) is 5.75 Å². The Kier molecular flexibility index (Phi) is 6.54. The largest absolute Gasteiger partial charge is 0.487 e. The molecule has 0 atom stereocenters. The third kappa shape index (κ3) is 5.25. The summed E-state index contributed by atoms with van der Waals surface area (Å²) in [5, 5.41) is 15.5. The number of fused-ring (bicyclic) bond motifs is 1. The maximum Gasteiger partial charge on any atom is 0.311 e. The van der Waals surface area contributed by atoms with E-state index in [0.29, 0.717) is 23.3 Å². The number of nitro benzene ring substituents is 1. The number of rotatable bonds is 8. The fourth-order valence-corrected chi connectivity index (χ4v) is 3.58. The molecular weight excluding hydrogens is 398 g/mol. The molecule has 0 unspecified atom stereocenters. The quantitative estimate of drug-likeness (QED) is 0.332. The van der Waals surface area contributed by atoms with E-state index in [-0.39, 0.29) is 11.4 Å². The summed E-state index contributed by atoms with van der Waals surface area (Å²) in [5.41, 5.74) is 2.44. The van der Waals surface area contributed by atoms with E-state index in [1.807, 2.05) is 31.2 Å². The molecule has 0 bridgehead atoms. The van der Waals surface area contributed by atoms with Crippen molar-refractivity contribution in [2.24, 2.45) is 0 Å². The lowest BCUT2D eigenvalue weighted by Crippen LogP contribution is -2.37. The average Bonchev–Trinajstić information content (AvgIpc) is 2.77. The molecule has 0 spiro atoms. The number of nitrogens with one attached hydrogen (secondary N) is 1. The summed E-state index contributed by atoms with van der Waals surface area (Å²) in [6.07, 6.45) is 2.22. The molecule has 0 amide bonds. The van der Waals surface area contributed by atoms with E-state index in [1.165, 1.54) is 12.4 Å². The number of aryl methyl sites for hydroxylation is 1. The molecule has 1 saturated heterocycles. The van der Waals surface area contributed by atoms with Crippen LogP contribution in [0.25, 0.3) is 10.9 Å². The van der Waals surface area contributed by atoms with Gasteiger partial charge in [-0.2, -0.15) is 0 Å². The van der Waals surface area contributed by atoms with Gasteiger partial charge in [-0.1, -0.05) is 12.1 Å². The summed E-state index contributed by atoms with van der Waals surface area (Å²) < 4.78 is 11.1. The first-order valence-electron chi connectivity index (χ1n) is 10.3. The van der Waals surface area contributed by atoms with E-state index in [4.69, 9.17) is 9.47 Å². The Morgan fingerprint density at radius 2 is 2.06 bits per heavy atom. The van der Waals surface area contributed by atoms with Gasteiger partial charge in [0.1, 0.15) is 12.1 Å². The zero-order chi connectivity index (χ0) is 21.6. The molecule has 0 saturated carbocycles. The lowest BCUT2D eigenvalue weighted by molar-refractivity contribution is -0.385. The van der Waals surface area contributed by atoms with Crippen molar-refractivity contribution in [1.29, 1.82) is 0 Å². The minimum absolute atomic E-state index is 0.0963. The summed E-state index contributed by atoms with van der Waals surface area (Å²) >= 11 is 0. The van der Waals surface area contributed by atoms with Crippen LogP contribution in [-0.4, -0.2) is 59.2 Å². The van der Waals surface area contributed by atoms with Gasteiger partial charge >= 0.3 is 5.69 Å². The molecule has 1 N–H and O–H groups in total. The lowest BCUT2D eigenvalue weighted by atomic mass is 10.1. The van der Waals surface area contributed by atoms with E-state index in [2.05, 4.69) is 20.2 Å². The second kappa shape index (κ2) is 9.67. The molecule has 9 nitrogen and oxygen atoms in total. The van der Waals surface area contributed by atoms with Gasteiger partial charge in [-0.05, 0) is 31.0 Å². The third-order valence-corrected chi connectivity index (χ3v) is 5.17. The maximum absolute atomic E-state index is 11.7. The molecule has 162 valence electrons. The number of hydrogen-bond acceptors (Lipinski definition) is 8. The molecule has 1 fully saturated rings. The van der Waals surface area contributed by atoms with E-state index in [1.54, 1.807) is 6.07 Å². The third-order valence-electron chi connectivity index (χ3n) is 5.17. The first-order chi connectivity index (χ1) is 15.1. The number of morpholine rings is 1. The smallest absolute Gasteiger partial charge is 0.311 e. The maximum atomic E-state index is 11.7. The SMILES string of the molecule is Cc1cccc(Nc2ncnc3cc(OCCCN4CCOCC4)c([N+](=O)[O-])cc23)c1. The van der Waals surface area contributed by atoms with Crippen molar-refractivity contribution in [1.82, 2.24) is 14.9 Å². The predicted molar refractivity (Wildman–Crippen MR) is 118 cm³/mol. The van der Waals surface area contributed by atoms with Gasteiger partial charge in [0.05, 0.1) is 35.6 Å². The number of hydrogen-bond donors (Lipinski definition) is 1. The van der Waals surface area contributed by atoms with E-state index in [0.717, 1.165) is 50.5 Å². The number of nitro groups is 1. The van der Waals surface area contributed by atoms with Gasteiger partial charge in [-0.15, -0.1) is 0 Å². The van der Waals surface area contributed by atoms with Crippen LogP contribution in [0.4, 0.5) is 17.2 Å². The highest BCUT2D eigenvalue weighted by Gasteiger charge is 2.19. The van der Waals surface area contributed by atoms with Crippen LogP contribution >= 0.6 is 0 Å². The van der Waals surface area contributed by atoms with Crippen molar-refractivity contribution in [3.05, 3.63) is 58.4 Å². The zero-order valence-electron chi connectivity index (χ0n) is 17.4. The number of ether oxygens (including phenoxy) is 2. The Hall–Kier alpha value is -3.30. The molecule has 4 rings (SSSR count). The summed E-state index contributed by atoms with van der Waals surface area (Å²) in [6.45, 7) is 6.57. The van der Waals surface area contributed by atoms with Gasteiger partial charge in [-0.25, -0.2) is 9.97 Å². The van der Waals surface area contributed by atoms with Crippen LogP contribution in [0.3, 0.4) is 0 Å². The molecule has 0 aliphatic carbocycles. The van der Waals surface area contributed by atoms with Crippen molar-refractivity contribution in [3.63, 3.8) is 0 Å². The van der Waals surface area contributed by atoms with Gasteiger partial charge < -0.3 is 14.8 Å². The Balaban J connectivity index is 1.52. The van der Waals surface area contributed by atoms with Gasteiger partial charge in [0, 0.05) is 37.5 Å². The molecule has 2 aromatic carbocycles. The predicted octanol–water partition coefficient (Wildman–Crippen LogP) is 3.69. The van der Waals surface area contributed by atoms with Crippen LogP contribution in [-0.2, 0) is 4.74 Å². The topological polar surface area (TPSA) is 103 Å². The van der Waals surface area contributed by atoms with Crippen LogP contribution in [0, 0.1) is 17.0 Å². The highest BCUT2D eigenvalue weighted by molar-refractivity contribution is 5.93. The van der Waals surface area contributed by atoms with Crippen molar-refractivity contribution >= 4 is 28.1 Å². The highest BCUT2D eigenvalue weighted by Crippen LogP contribution is 2.34. The van der Waals surface area contributed by atoms with Crippen molar-refractivity contribution in [2.45, 2.75) is 13.3 Å². The number of anilines is 2. The molecule has 3 aromatic rings. The first-order valence-corrected chi connectivity index (χ1v) is 10.3. The molecule has 1 aliphatic heterocycles. The molecular formula is C22H25N5O4. The van der Waals surface area contributed by atoms with Crippen LogP contribution in [0.2, 0.25) is 0 Å². The summed E-state index contributed by atoms with van der Waals surface area (Å²) in [6, 6.07) is 10.9. The monoisotopic (exact) mass is 423 g/mol. The van der Waals surface area contributed by atoms with Crippen molar-refractivity contribution < 1.29 is 14.4 Å². The average molecular weight is 423 g/mol. The number of benzene rings is 2. The lowest BCUT2D eigenvalue weighted by Gasteiger charge is -2.26. The van der Waals surface area contributed by atoms with Gasteiger partial charge in [0.25, 0.3) is 0 Å². The Morgan fingerprint density at radius 1 is 1.23 bits per heavy atom. The normalized spacial score (nSPS) is 14.5. The standard InChI is InChI=1S/C22H25N5O4/c1-16-4-2-5-17(12-16)25-22-18-13-20(27(28)29)21(14-19(18)23-15-24-22)31-9-3-6-26-7-10-30-11-8-26/h2,4-5,12-15H,3,6-11H2,1H3,(H,23,24,25).